The van der Waals surface area contributed by atoms with Gasteiger partial charge in [-0.3, -0.25) is 4.72 Å². The summed E-state index contributed by atoms with van der Waals surface area (Å²) in [4.78, 5) is -0.123. The van der Waals surface area contributed by atoms with E-state index in [1.54, 1.807) is 19.1 Å². The predicted molar refractivity (Wildman–Crippen MR) is 74.8 cm³/mol. The van der Waals surface area contributed by atoms with Crippen LogP contribution in [-0.4, -0.2) is 13.5 Å². The molecule has 5 nitrogen and oxygen atoms in total. The number of phenolic OH excluding ortho intramolecular Hbond substituents is 1. The summed E-state index contributed by atoms with van der Waals surface area (Å²) < 4.78 is 26.8. The maximum Gasteiger partial charge on any atom is 0.263 e. The Morgan fingerprint density at radius 2 is 1.90 bits per heavy atom. The maximum atomic E-state index is 12.2. The molecule has 0 radical (unpaired) electrons. The first-order valence-electron chi connectivity index (χ1n) is 5.75. The van der Waals surface area contributed by atoms with Crippen molar-refractivity contribution in [2.24, 2.45) is 0 Å². The van der Waals surface area contributed by atoms with Gasteiger partial charge in [-0.2, -0.15) is 5.26 Å². The van der Waals surface area contributed by atoms with Crippen LogP contribution >= 0.6 is 0 Å². The molecule has 0 heterocycles. The lowest BCUT2D eigenvalue weighted by atomic mass is 10.2. The molecule has 20 heavy (non-hydrogen) atoms. The first kappa shape index (κ1) is 13.9. The summed E-state index contributed by atoms with van der Waals surface area (Å²) in [6.07, 6.45) is 0. The van der Waals surface area contributed by atoms with Crippen LogP contribution in [0.15, 0.2) is 47.4 Å². The van der Waals surface area contributed by atoms with Crippen molar-refractivity contribution < 1.29 is 13.5 Å². The molecule has 0 bridgehead atoms. The number of aryl methyl sites for hydroxylation is 1. The Labute approximate surface area is 117 Å². The fourth-order valence-corrected chi connectivity index (χ4v) is 2.95. The van der Waals surface area contributed by atoms with E-state index in [2.05, 4.69) is 4.72 Å². The van der Waals surface area contributed by atoms with Crippen molar-refractivity contribution in [1.82, 2.24) is 0 Å². The topological polar surface area (TPSA) is 90.2 Å². The predicted octanol–water partition coefficient (Wildman–Crippen LogP) is 2.37. The molecular formula is C14H12N2O3S. The maximum absolute atomic E-state index is 12.2. The fraction of sp³-hybridized carbons (Fsp3) is 0.0714. The van der Waals surface area contributed by atoms with E-state index in [-0.39, 0.29) is 21.9 Å². The highest BCUT2D eigenvalue weighted by Gasteiger charge is 2.19. The normalized spacial score (nSPS) is 10.8. The van der Waals surface area contributed by atoms with E-state index in [4.69, 9.17) is 5.26 Å². The van der Waals surface area contributed by atoms with E-state index >= 15 is 0 Å². The van der Waals surface area contributed by atoms with E-state index < -0.39 is 10.0 Å². The third kappa shape index (κ3) is 2.73. The third-order valence-electron chi connectivity index (χ3n) is 2.69. The third-order valence-corrected chi connectivity index (χ3v) is 4.12. The second-order valence-corrected chi connectivity index (χ2v) is 5.88. The molecule has 0 amide bonds. The van der Waals surface area contributed by atoms with Crippen molar-refractivity contribution in [3.8, 4) is 11.8 Å². The summed E-state index contributed by atoms with van der Waals surface area (Å²) in [5, 5.41) is 18.7. The molecule has 2 aromatic carbocycles. The van der Waals surface area contributed by atoms with Gasteiger partial charge in [0, 0.05) is 0 Å². The van der Waals surface area contributed by atoms with Crippen LogP contribution in [0.25, 0.3) is 0 Å². The molecule has 0 aromatic heterocycles. The Morgan fingerprint density at radius 3 is 2.55 bits per heavy atom. The number of benzene rings is 2. The average molecular weight is 288 g/mol. The van der Waals surface area contributed by atoms with Gasteiger partial charge in [-0.15, -0.1) is 0 Å². The quantitative estimate of drug-likeness (QED) is 0.848. The van der Waals surface area contributed by atoms with Crippen molar-refractivity contribution in [2.45, 2.75) is 11.8 Å². The largest absolute Gasteiger partial charge is 0.506 e. The summed E-state index contributed by atoms with van der Waals surface area (Å²) in [7, 11) is -3.92. The van der Waals surface area contributed by atoms with Crippen LogP contribution in [0.1, 0.15) is 11.1 Å². The van der Waals surface area contributed by atoms with Gasteiger partial charge in [-0.1, -0.05) is 18.2 Å². The minimum Gasteiger partial charge on any atom is -0.506 e. The molecule has 2 rings (SSSR count). The number of nitrogens with zero attached hydrogens (tertiary/aromatic N) is 1. The molecule has 2 aromatic rings. The number of anilines is 1. The summed E-state index contributed by atoms with van der Waals surface area (Å²) in [5.41, 5.74) is 0.929. The number of nitrogens with one attached hydrogen (secondary N) is 1. The van der Waals surface area contributed by atoms with Crippen LogP contribution in [0.2, 0.25) is 0 Å². The Kier molecular flexibility index (Phi) is 3.63. The Hall–Kier alpha value is -2.52. The van der Waals surface area contributed by atoms with Gasteiger partial charge in [0.1, 0.15) is 16.7 Å². The Bertz CT molecular complexity index is 792. The Balaban J connectivity index is 2.44. The van der Waals surface area contributed by atoms with E-state index in [0.717, 1.165) is 5.56 Å². The lowest BCUT2D eigenvalue weighted by Crippen LogP contribution is -2.14. The van der Waals surface area contributed by atoms with Gasteiger partial charge >= 0.3 is 0 Å². The monoisotopic (exact) mass is 288 g/mol. The molecule has 2 N–H and O–H groups in total. The molecule has 6 heteroatoms. The molecular weight excluding hydrogens is 276 g/mol. The zero-order valence-corrected chi connectivity index (χ0v) is 11.5. The van der Waals surface area contributed by atoms with Gasteiger partial charge in [0.15, 0.2) is 0 Å². The standard InChI is InChI=1S/C14H12N2O3S/c1-10-6-7-12(13(17)8-10)16-20(18,19)14-5-3-2-4-11(14)9-15/h2-8,16-17H,1H3. The van der Waals surface area contributed by atoms with Crippen LogP contribution < -0.4 is 4.72 Å². The van der Waals surface area contributed by atoms with Gasteiger partial charge in [-0.25, -0.2) is 8.42 Å². The van der Waals surface area contributed by atoms with Gasteiger partial charge in [0.05, 0.1) is 11.3 Å². The smallest absolute Gasteiger partial charge is 0.263 e. The summed E-state index contributed by atoms with van der Waals surface area (Å²) in [6, 6.07) is 12.3. The molecule has 0 atom stereocenters. The number of rotatable bonds is 3. The summed E-state index contributed by atoms with van der Waals surface area (Å²) in [6.45, 7) is 1.78. The SMILES string of the molecule is Cc1ccc(NS(=O)(=O)c2ccccc2C#N)c(O)c1. The number of sulfonamides is 1. The summed E-state index contributed by atoms with van der Waals surface area (Å²) in [5.74, 6) is -0.164. The highest BCUT2D eigenvalue weighted by molar-refractivity contribution is 7.92. The van der Waals surface area contributed by atoms with Crippen molar-refractivity contribution in [3.05, 3.63) is 53.6 Å². The van der Waals surface area contributed by atoms with Crippen molar-refractivity contribution in [2.75, 3.05) is 4.72 Å². The van der Waals surface area contributed by atoms with E-state index in [1.807, 2.05) is 6.07 Å². The van der Waals surface area contributed by atoms with Crippen molar-refractivity contribution in [3.63, 3.8) is 0 Å². The van der Waals surface area contributed by atoms with Crippen molar-refractivity contribution in [1.29, 1.82) is 5.26 Å². The fourth-order valence-electron chi connectivity index (χ4n) is 1.72. The lowest BCUT2D eigenvalue weighted by Gasteiger charge is -2.11. The second kappa shape index (κ2) is 5.23. The highest BCUT2D eigenvalue weighted by Crippen LogP contribution is 2.27. The molecule has 102 valence electrons. The number of nitriles is 1. The zero-order valence-electron chi connectivity index (χ0n) is 10.7. The number of phenols is 1. The first-order valence-corrected chi connectivity index (χ1v) is 7.24. The van der Waals surface area contributed by atoms with Crippen molar-refractivity contribution >= 4 is 15.7 Å². The molecule has 0 saturated carbocycles. The van der Waals surface area contributed by atoms with E-state index in [0.29, 0.717) is 0 Å². The minimum absolute atomic E-state index is 0.0478. The molecule has 0 unspecified atom stereocenters. The molecule has 0 aliphatic rings. The van der Waals surface area contributed by atoms with Crippen LogP contribution in [0.3, 0.4) is 0 Å². The minimum atomic E-state index is -3.92. The van der Waals surface area contributed by atoms with Crippen LogP contribution in [0, 0.1) is 18.3 Å². The first-order chi connectivity index (χ1) is 9.44. The van der Waals surface area contributed by atoms with Gasteiger partial charge in [0.25, 0.3) is 10.0 Å². The Morgan fingerprint density at radius 1 is 1.20 bits per heavy atom. The van der Waals surface area contributed by atoms with Gasteiger partial charge in [-0.05, 0) is 36.8 Å². The summed E-state index contributed by atoms with van der Waals surface area (Å²) >= 11 is 0. The van der Waals surface area contributed by atoms with Crippen LogP contribution in [-0.2, 0) is 10.0 Å². The second-order valence-electron chi connectivity index (χ2n) is 4.23. The number of aromatic hydroxyl groups is 1. The van der Waals surface area contributed by atoms with E-state index in [9.17, 15) is 13.5 Å². The zero-order chi connectivity index (χ0) is 14.8. The van der Waals surface area contributed by atoms with E-state index in [1.165, 1.54) is 30.3 Å². The molecule has 0 fully saturated rings. The number of hydrogen-bond donors (Lipinski definition) is 2. The average Bonchev–Trinajstić information content (AvgIpc) is 2.42. The van der Waals surface area contributed by atoms with Crippen LogP contribution in [0.4, 0.5) is 5.69 Å². The molecule has 0 aliphatic heterocycles. The van der Waals surface area contributed by atoms with Gasteiger partial charge < -0.3 is 5.11 Å². The molecule has 0 spiro atoms. The molecule has 0 saturated heterocycles. The van der Waals surface area contributed by atoms with Gasteiger partial charge in [0.2, 0.25) is 0 Å². The highest BCUT2D eigenvalue weighted by atomic mass is 32.2. The number of hydrogen-bond acceptors (Lipinski definition) is 4. The van der Waals surface area contributed by atoms with Crippen LogP contribution in [0.5, 0.6) is 5.75 Å². The molecule has 0 aliphatic carbocycles. The lowest BCUT2D eigenvalue weighted by molar-refractivity contribution is 0.477.